The van der Waals surface area contributed by atoms with Gasteiger partial charge in [0.05, 0.1) is 18.7 Å². The zero-order valence-corrected chi connectivity index (χ0v) is 13.1. The van der Waals surface area contributed by atoms with Crippen LogP contribution in [0.15, 0.2) is 18.5 Å². The minimum absolute atomic E-state index is 0.143. The molecular formula is C16H24N4O2. The van der Waals surface area contributed by atoms with Crippen molar-refractivity contribution in [2.24, 2.45) is 5.92 Å². The third-order valence-electron chi connectivity index (χ3n) is 4.51. The van der Waals surface area contributed by atoms with E-state index in [1.165, 1.54) is 12.8 Å². The summed E-state index contributed by atoms with van der Waals surface area (Å²) in [6, 6.07) is 1.78. The number of piperidine rings is 1. The summed E-state index contributed by atoms with van der Waals surface area (Å²) in [5.74, 6) is 1.36. The summed E-state index contributed by atoms with van der Waals surface area (Å²) >= 11 is 0. The number of hydrogen-bond donors (Lipinski definition) is 1. The Morgan fingerprint density at radius 2 is 2.18 bits per heavy atom. The first-order valence-corrected chi connectivity index (χ1v) is 8.04. The van der Waals surface area contributed by atoms with E-state index in [1.54, 1.807) is 30.4 Å². The molecule has 0 aromatic carbocycles. The molecule has 1 aliphatic carbocycles. The number of carbonyl (C=O) groups is 1. The van der Waals surface area contributed by atoms with Crippen LogP contribution in [-0.4, -0.2) is 58.2 Å². The minimum Gasteiger partial charge on any atom is -0.386 e. The molecule has 6 nitrogen and oxygen atoms in total. The third-order valence-corrected chi connectivity index (χ3v) is 4.51. The van der Waals surface area contributed by atoms with Gasteiger partial charge in [0.15, 0.2) is 0 Å². The van der Waals surface area contributed by atoms with Crippen LogP contribution < -0.4 is 4.90 Å². The lowest BCUT2D eigenvalue weighted by molar-refractivity contribution is -0.133. The summed E-state index contributed by atoms with van der Waals surface area (Å²) < 4.78 is 0. The number of amides is 1. The first-order chi connectivity index (χ1) is 10.6. The van der Waals surface area contributed by atoms with Gasteiger partial charge in [-0.1, -0.05) is 0 Å². The van der Waals surface area contributed by atoms with E-state index >= 15 is 0 Å². The fourth-order valence-corrected chi connectivity index (χ4v) is 3.12. The first-order valence-electron chi connectivity index (χ1n) is 8.04. The van der Waals surface area contributed by atoms with Crippen molar-refractivity contribution in [3.63, 3.8) is 0 Å². The van der Waals surface area contributed by atoms with E-state index < -0.39 is 5.60 Å². The molecule has 1 saturated carbocycles. The van der Waals surface area contributed by atoms with Crippen LogP contribution in [0, 0.1) is 5.92 Å². The van der Waals surface area contributed by atoms with Gasteiger partial charge < -0.3 is 14.9 Å². The molecule has 2 fully saturated rings. The molecule has 3 rings (SSSR count). The van der Waals surface area contributed by atoms with Crippen molar-refractivity contribution >= 4 is 11.9 Å². The molecule has 0 unspecified atom stereocenters. The van der Waals surface area contributed by atoms with Gasteiger partial charge in [0.25, 0.3) is 0 Å². The fraction of sp³-hybridized carbons (Fsp3) is 0.688. The molecule has 6 heteroatoms. The van der Waals surface area contributed by atoms with Crippen molar-refractivity contribution < 1.29 is 9.90 Å². The number of aromatic nitrogens is 2. The Balaban J connectivity index is 1.60. The van der Waals surface area contributed by atoms with E-state index in [1.807, 2.05) is 4.90 Å². The summed E-state index contributed by atoms with van der Waals surface area (Å²) in [6.07, 6.45) is 7.96. The van der Waals surface area contributed by atoms with Crippen LogP contribution in [0.25, 0.3) is 0 Å². The number of rotatable bonds is 5. The molecule has 0 radical (unpaired) electrons. The molecule has 1 saturated heterocycles. The number of carbonyl (C=O) groups excluding carboxylic acids is 1. The normalized spacial score (nSPS) is 25.1. The van der Waals surface area contributed by atoms with E-state index in [9.17, 15) is 9.90 Å². The van der Waals surface area contributed by atoms with Gasteiger partial charge in [0.1, 0.15) is 0 Å². The molecule has 2 heterocycles. The summed E-state index contributed by atoms with van der Waals surface area (Å²) in [6.45, 7) is 1.69. The largest absolute Gasteiger partial charge is 0.386 e. The standard InChI is InChI=1S/C16H24N4O2/c1-19(14(21)10-13-4-5-13)11-16(22)6-2-9-20(12-16)15-17-7-3-8-18-15/h3,7-8,13,22H,2,4-6,9-12H2,1H3/t16-/m1/s1. The van der Waals surface area contributed by atoms with Crippen molar-refractivity contribution in [1.29, 1.82) is 0 Å². The van der Waals surface area contributed by atoms with Crippen molar-refractivity contribution in [1.82, 2.24) is 14.9 Å². The third kappa shape index (κ3) is 3.74. The van der Waals surface area contributed by atoms with E-state index in [0.29, 0.717) is 37.8 Å². The summed E-state index contributed by atoms with van der Waals surface area (Å²) in [7, 11) is 1.79. The van der Waals surface area contributed by atoms with Crippen LogP contribution in [0.1, 0.15) is 32.1 Å². The number of hydrogen-bond acceptors (Lipinski definition) is 5. The lowest BCUT2D eigenvalue weighted by Crippen LogP contribution is -2.55. The summed E-state index contributed by atoms with van der Waals surface area (Å²) in [5, 5.41) is 10.9. The van der Waals surface area contributed by atoms with Crippen molar-refractivity contribution in [2.45, 2.75) is 37.7 Å². The lowest BCUT2D eigenvalue weighted by atomic mass is 9.92. The molecule has 1 aliphatic heterocycles. The van der Waals surface area contributed by atoms with Gasteiger partial charge in [0.2, 0.25) is 11.9 Å². The molecule has 22 heavy (non-hydrogen) atoms. The van der Waals surface area contributed by atoms with Gasteiger partial charge >= 0.3 is 0 Å². The van der Waals surface area contributed by atoms with Gasteiger partial charge in [-0.2, -0.15) is 0 Å². The zero-order chi connectivity index (χ0) is 15.6. The van der Waals surface area contributed by atoms with Crippen LogP contribution >= 0.6 is 0 Å². The number of anilines is 1. The lowest BCUT2D eigenvalue weighted by Gasteiger charge is -2.41. The maximum absolute atomic E-state index is 12.1. The van der Waals surface area contributed by atoms with Crippen LogP contribution in [-0.2, 0) is 4.79 Å². The Morgan fingerprint density at radius 3 is 2.86 bits per heavy atom. The molecule has 1 atom stereocenters. The molecule has 0 bridgehead atoms. The maximum atomic E-state index is 12.1. The van der Waals surface area contributed by atoms with Gasteiger partial charge in [-0.05, 0) is 37.7 Å². The Labute approximate surface area is 131 Å². The van der Waals surface area contributed by atoms with Gasteiger partial charge in [0, 0.05) is 32.4 Å². The number of likely N-dealkylation sites (N-methyl/N-ethyl adjacent to an activating group) is 1. The maximum Gasteiger partial charge on any atom is 0.225 e. The van der Waals surface area contributed by atoms with Crippen molar-refractivity contribution in [2.75, 3.05) is 31.6 Å². The predicted octanol–water partition coefficient (Wildman–Crippen LogP) is 1.07. The predicted molar refractivity (Wildman–Crippen MR) is 83.4 cm³/mol. The molecule has 2 aliphatic rings. The molecular weight excluding hydrogens is 280 g/mol. The SMILES string of the molecule is CN(C[C@]1(O)CCCN(c2ncccn2)C1)C(=O)CC1CC1. The van der Waals surface area contributed by atoms with Gasteiger partial charge in [-0.15, -0.1) is 0 Å². The van der Waals surface area contributed by atoms with E-state index in [4.69, 9.17) is 0 Å². The Hall–Kier alpha value is -1.69. The van der Waals surface area contributed by atoms with Gasteiger partial charge in [-0.25, -0.2) is 9.97 Å². The van der Waals surface area contributed by atoms with E-state index in [-0.39, 0.29) is 5.91 Å². The Morgan fingerprint density at radius 1 is 1.45 bits per heavy atom. The van der Waals surface area contributed by atoms with Crippen molar-refractivity contribution in [3.8, 4) is 0 Å². The summed E-state index contributed by atoms with van der Waals surface area (Å²) in [4.78, 5) is 24.3. The second-order valence-corrected chi connectivity index (χ2v) is 6.70. The van der Waals surface area contributed by atoms with E-state index in [0.717, 1.165) is 13.0 Å². The number of β-amino-alcohol motifs (C(OH)–C–C–N with tert-alkyl or cyclic N) is 1. The fourth-order valence-electron chi connectivity index (χ4n) is 3.12. The summed E-state index contributed by atoms with van der Waals surface area (Å²) in [5.41, 5.74) is -0.884. The topological polar surface area (TPSA) is 69.6 Å². The quantitative estimate of drug-likeness (QED) is 0.881. The molecule has 1 N–H and O–H groups in total. The number of aliphatic hydroxyl groups is 1. The molecule has 1 aromatic rings. The molecule has 0 spiro atoms. The van der Waals surface area contributed by atoms with Crippen LogP contribution in [0.3, 0.4) is 0 Å². The van der Waals surface area contributed by atoms with Crippen molar-refractivity contribution in [3.05, 3.63) is 18.5 Å². The Bertz CT molecular complexity index is 520. The van der Waals surface area contributed by atoms with Crippen LogP contribution in [0.5, 0.6) is 0 Å². The average molecular weight is 304 g/mol. The Kier molecular flexibility index (Phi) is 4.29. The van der Waals surface area contributed by atoms with Crippen LogP contribution in [0.2, 0.25) is 0 Å². The second kappa shape index (κ2) is 6.20. The minimum atomic E-state index is -0.884. The van der Waals surface area contributed by atoms with E-state index in [2.05, 4.69) is 9.97 Å². The monoisotopic (exact) mass is 304 g/mol. The first kappa shape index (κ1) is 15.2. The molecule has 120 valence electrons. The van der Waals surface area contributed by atoms with Crippen LogP contribution in [0.4, 0.5) is 5.95 Å². The zero-order valence-electron chi connectivity index (χ0n) is 13.1. The smallest absolute Gasteiger partial charge is 0.225 e. The average Bonchev–Trinajstić information content (AvgIpc) is 3.31. The van der Waals surface area contributed by atoms with Gasteiger partial charge in [-0.3, -0.25) is 4.79 Å². The highest BCUT2D eigenvalue weighted by Crippen LogP contribution is 2.33. The molecule has 1 aromatic heterocycles. The highest BCUT2D eigenvalue weighted by molar-refractivity contribution is 5.76. The highest BCUT2D eigenvalue weighted by atomic mass is 16.3. The highest BCUT2D eigenvalue weighted by Gasteiger charge is 2.37. The second-order valence-electron chi connectivity index (χ2n) is 6.70. The molecule has 1 amide bonds. The number of nitrogens with zero attached hydrogens (tertiary/aromatic N) is 4.